The standard InChI is InChI=1S/C17H23NO4/c1-2-9-22-15-7-3-5-13(10-15)11-16(19)18-8-4-6-14(12-18)17(20)21/h3,5,7,10,14H,2,4,6,8-9,11-12H2,1H3,(H,20,21)/t14-/m0/s1. The number of benzene rings is 1. The van der Waals surface area contributed by atoms with E-state index in [4.69, 9.17) is 9.84 Å². The van der Waals surface area contributed by atoms with Gasteiger partial charge in [0, 0.05) is 13.1 Å². The average molecular weight is 305 g/mol. The lowest BCUT2D eigenvalue weighted by atomic mass is 9.97. The zero-order valence-electron chi connectivity index (χ0n) is 13.0. The summed E-state index contributed by atoms with van der Waals surface area (Å²) in [6, 6.07) is 7.54. The maximum atomic E-state index is 12.4. The molecule has 1 heterocycles. The smallest absolute Gasteiger partial charge is 0.308 e. The largest absolute Gasteiger partial charge is 0.494 e. The van der Waals surface area contributed by atoms with E-state index in [0.717, 1.165) is 24.2 Å². The number of aliphatic carboxylic acids is 1. The highest BCUT2D eigenvalue weighted by Gasteiger charge is 2.27. The van der Waals surface area contributed by atoms with Gasteiger partial charge < -0.3 is 14.7 Å². The summed E-state index contributed by atoms with van der Waals surface area (Å²) in [7, 11) is 0. The molecule has 1 aromatic carbocycles. The zero-order valence-corrected chi connectivity index (χ0v) is 13.0. The van der Waals surface area contributed by atoms with Crippen LogP contribution in [0.5, 0.6) is 5.75 Å². The van der Waals surface area contributed by atoms with Crippen molar-refractivity contribution in [2.45, 2.75) is 32.6 Å². The van der Waals surface area contributed by atoms with Gasteiger partial charge in [0.1, 0.15) is 5.75 Å². The summed E-state index contributed by atoms with van der Waals surface area (Å²) >= 11 is 0. The molecule has 120 valence electrons. The maximum absolute atomic E-state index is 12.4. The molecule has 0 aliphatic carbocycles. The predicted octanol–water partition coefficient (Wildman–Crippen LogP) is 2.34. The van der Waals surface area contributed by atoms with Gasteiger partial charge in [-0.15, -0.1) is 0 Å². The number of carboxylic acid groups (broad SMARTS) is 1. The topological polar surface area (TPSA) is 66.8 Å². The molecule has 0 bridgehead atoms. The van der Waals surface area contributed by atoms with E-state index in [2.05, 4.69) is 0 Å². The first kappa shape index (κ1) is 16.3. The van der Waals surface area contributed by atoms with Gasteiger partial charge in [-0.3, -0.25) is 9.59 Å². The number of piperidine rings is 1. The summed E-state index contributed by atoms with van der Waals surface area (Å²) in [4.78, 5) is 25.1. The number of amides is 1. The molecule has 22 heavy (non-hydrogen) atoms. The Labute approximate surface area is 130 Å². The monoisotopic (exact) mass is 305 g/mol. The van der Waals surface area contributed by atoms with E-state index in [1.54, 1.807) is 4.90 Å². The van der Waals surface area contributed by atoms with E-state index in [9.17, 15) is 9.59 Å². The molecule has 5 nitrogen and oxygen atoms in total. The molecule has 0 saturated carbocycles. The molecule has 2 rings (SSSR count). The van der Waals surface area contributed by atoms with Crippen LogP contribution >= 0.6 is 0 Å². The van der Waals surface area contributed by atoms with Crippen molar-refractivity contribution in [3.63, 3.8) is 0 Å². The van der Waals surface area contributed by atoms with Gasteiger partial charge in [0.2, 0.25) is 5.91 Å². The highest BCUT2D eigenvalue weighted by molar-refractivity contribution is 5.80. The van der Waals surface area contributed by atoms with Crippen LogP contribution in [0.1, 0.15) is 31.7 Å². The van der Waals surface area contributed by atoms with Crippen molar-refractivity contribution >= 4 is 11.9 Å². The number of rotatable bonds is 6. The third kappa shape index (κ3) is 4.48. The third-order valence-corrected chi connectivity index (χ3v) is 3.85. The van der Waals surface area contributed by atoms with Crippen molar-refractivity contribution in [1.29, 1.82) is 0 Å². The van der Waals surface area contributed by atoms with Gasteiger partial charge in [-0.25, -0.2) is 0 Å². The third-order valence-electron chi connectivity index (χ3n) is 3.85. The lowest BCUT2D eigenvalue weighted by molar-refractivity contribution is -0.145. The minimum atomic E-state index is -0.813. The predicted molar refractivity (Wildman–Crippen MR) is 82.9 cm³/mol. The molecule has 1 N–H and O–H groups in total. The fourth-order valence-corrected chi connectivity index (χ4v) is 2.66. The molecule has 0 unspecified atom stereocenters. The average Bonchev–Trinajstić information content (AvgIpc) is 2.53. The van der Waals surface area contributed by atoms with Crippen LogP contribution in [0.4, 0.5) is 0 Å². The number of ether oxygens (including phenoxy) is 1. The van der Waals surface area contributed by atoms with Crippen molar-refractivity contribution in [1.82, 2.24) is 4.90 Å². The fourth-order valence-electron chi connectivity index (χ4n) is 2.66. The lowest BCUT2D eigenvalue weighted by Gasteiger charge is -2.30. The van der Waals surface area contributed by atoms with Crippen LogP contribution in [0, 0.1) is 5.92 Å². The first-order valence-corrected chi connectivity index (χ1v) is 7.82. The second-order valence-corrected chi connectivity index (χ2v) is 5.69. The summed E-state index contributed by atoms with van der Waals surface area (Å²) in [5.41, 5.74) is 0.899. The highest BCUT2D eigenvalue weighted by Crippen LogP contribution is 2.19. The van der Waals surface area contributed by atoms with E-state index in [1.165, 1.54) is 0 Å². The molecular formula is C17H23NO4. The van der Waals surface area contributed by atoms with Crippen LogP contribution in [0.15, 0.2) is 24.3 Å². The Kier molecular flexibility index (Phi) is 5.81. The van der Waals surface area contributed by atoms with E-state index in [0.29, 0.717) is 26.1 Å². The Balaban J connectivity index is 1.95. The number of carboxylic acids is 1. The van der Waals surface area contributed by atoms with E-state index < -0.39 is 11.9 Å². The Morgan fingerprint density at radius 1 is 1.41 bits per heavy atom. The summed E-state index contributed by atoms with van der Waals surface area (Å²) in [5.74, 6) is -0.489. The van der Waals surface area contributed by atoms with Crippen molar-refractivity contribution in [2.75, 3.05) is 19.7 Å². The Hall–Kier alpha value is -2.04. The van der Waals surface area contributed by atoms with Gasteiger partial charge in [0.05, 0.1) is 18.9 Å². The van der Waals surface area contributed by atoms with Crippen molar-refractivity contribution < 1.29 is 19.4 Å². The normalized spacial score (nSPS) is 18.0. The number of likely N-dealkylation sites (tertiary alicyclic amines) is 1. The van der Waals surface area contributed by atoms with E-state index in [1.807, 2.05) is 31.2 Å². The molecule has 1 aromatic rings. The summed E-state index contributed by atoms with van der Waals surface area (Å²) in [5, 5.41) is 9.09. The number of hydrogen-bond acceptors (Lipinski definition) is 3. The second kappa shape index (κ2) is 7.82. The van der Waals surface area contributed by atoms with Crippen LogP contribution in [0.3, 0.4) is 0 Å². The SMILES string of the molecule is CCCOc1cccc(CC(=O)N2CCC[C@H](C(=O)O)C2)c1. The second-order valence-electron chi connectivity index (χ2n) is 5.69. The van der Waals surface area contributed by atoms with Gasteiger partial charge in [0.15, 0.2) is 0 Å². The molecule has 1 saturated heterocycles. The molecule has 0 radical (unpaired) electrons. The first-order valence-electron chi connectivity index (χ1n) is 7.82. The maximum Gasteiger partial charge on any atom is 0.308 e. The molecule has 5 heteroatoms. The van der Waals surface area contributed by atoms with Gasteiger partial charge in [-0.05, 0) is 37.0 Å². The van der Waals surface area contributed by atoms with Gasteiger partial charge in [-0.2, -0.15) is 0 Å². The summed E-state index contributed by atoms with van der Waals surface area (Å²) < 4.78 is 5.57. The highest BCUT2D eigenvalue weighted by atomic mass is 16.5. The van der Waals surface area contributed by atoms with Crippen LogP contribution in [-0.2, 0) is 16.0 Å². The van der Waals surface area contributed by atoms with Gasteiger partial charge >= 0.3 is 5.97 Å². The van der Waals surface area contributed by atoms with Crippen LogP contribution < -0.4 is 4.74 Å². The van der Waals surface area contributed by atoms with Crippen molar-refractivity contribution in [3.8, 4) is 5.75 Å². The quantitative estimate of drug-likeness (QED) is 0.876. The Morgan fingerprint density at radius 2 is 2.23 bits per heavy atom. The molecule has 1 atom stereocenters. The molecule has 0 aromatic heterocycles. The minimum absolute atomic E-state index is 0.0152. The number of hydrogen-bond donors (Lipinski definition) is 1. The minimum Gasteiger partial charge on any atom is -0.494 e. The van der Waals surface area contributed by atoms with Crippen LogP contribution in [0.25, 0.3) is 0 Å². The fraction of sp³-hybridized carbons (Fsp3) is 0.529. The molecule has 1 fully saturated rings. The van der Waals surface area contributed by atoms with E-state index >= 15 is 0 Å². The van der Waals surface area contributed by atoms with E-state index in [-0.39, 0.29) is 12.3 Å². The van der Waals surface area contributed by atoms with Crippen molar-refractivity contribution in [2.24, 2.45) is 5.92 Å². The van der Waals surface area contributed by atoms with Gasteiger partial charge in [0.25, 0.3) is 0 Å². The Morgan fingerprint density at radius 3 is 2.95 bits per heavy atom. The molecule has 1 amide bonds. The summed E-state index contributed by atoms with van der Waals surface area (Å²) in [6.07, 6.45) is 2.63. The molecule has 0 spiro atoms. The lowest BCUT2D eigenvalue weighted by Crippen LogP contribution is -2.42. The number of carbonyl (C=O) groups excluding carboxylic acids is 1. The van der Waals surface area contributed by atoms with Crippen molar-refractivity contribution in [3.05, 3.63) is 29.8 Å². The van der Waals surface area contributed by atoms with Crippen LogP contribution in [0.2, 0.25) is 0 Å². The Bertz CT molecular complexity index is 529. The molecule has 1 aliphatic heterocycles. The summed E-state index contributed by atoms with van der Waals surface area (Å²) in [6.45, 7) is 3.67. The number of carbonyl (C=O) groups is 2. The molecule has 1 aliphatic rings. The van der Waals surface area contributed by atoms with Gasteiger partial charge in [-0.1, -0.05) is 19.1 Å². The molecular weight excluding hydrogens is 282 g/mol. The first-order chi connectivity index (χ1) is 10.6. The number of nitrogens with zero attached hydrogens (tertiary/aromatic N) is 1. The zero-order chi connectivity index (χ0) is 15.9. The van der Waals surface area contributed by atoms with Crippen LogP contribution in [-0.4, -0.2) is 41.6 Å².